The van der Waals surface area contributed by atoms with Crippen LogP contribution in [0.3, 0.4) is 0 Å². The smallest absolute Gasteiger partial charge is 0.355 e. The van der Waals surface area contributed by atoms with Gasteiger partial charge in [-0.05, 0) is 49.2 Å². The Morgan fingerprint density at radius 2 is 1.69 bits per heavy atom. The number of likely N-dealkylation sites (tertiary alicyclic amines) is 1. The number of esters is 2. The number of hydrogen-bond donors (Lipinski definition) is 1. The van der Waals surface area contributed by atoms with Crippen molar-refractivity contribution in [3.63, 3.8) is 0 Å². The van der Waals surface area contributed by atoms with E-state index in [0.29, 0.717) is 11.3 Å². The summed E-state index contributed by atoms with van der Waals surface area (Å²) in [6.07, 6.45) is 3.59. The van der Waals surface area contributed by atoms with Crippen LogP contribution in [-0.2, 0) is 25.6 Å². The Kier molecular flexibility index (Phi) is 7.71. The third-order valence-corrected chi connectivity index (χ3v) is 6.63. The lowest BCUT2D eigenvalue weighted by molar-refractivity contribution is -0.139. The Hall–Kier alpha value is -4.09. The van der Waals surface area contributed by atoms with Gasteiger partial charge in [0.1, 0.15) is 11.5 Å². The maximum atomic E-state index is 13.2. The van der Waals surface area contributed by atoms with Gasteiger partial charge < -0.3 is 15.2 Å². The highest BCUT2D eigenvalue weighted by molar-refractivity contribution is 6.06. The van der Waals surface area contributed by atoms with E-state index in [0.717, 1.165) is 25.2 Å². The van der Waals surface area contributed by atoms with Crippen molar-refractivity contribution in [3.05, 3.63) is 88.4 Å². The minimum Gasteiger partial charge on any atom is -0.466 e. The van der Waals surface area contributed by atoms with Crippen LogP contribution in [0.2, 0.25) is 0 Å². The lowest BCUT2D eigenvalue weighted by atomic mass is 9.81. The van der Waals surface area contributed by atoms with Gasteiger partial charge in [-0.15, -0.1) is 0 Å². The van der Waals surface area contributed by atoms with Gasteiger partial charge in [-0.1, -0.05) is 48.9 Å². The molecular formula is C28H30N4O4. The number of carbonyl (C=O) groups is 2. The Morgan fingerprint density at radius 3 is 2.33 bits per heavy atom. The van der Waals surface area contributed by atoms with E-state index >= 15 is 0 Å². The van der Waals surface area contributed by atoms with Gasteiger partial charge in [0.05, 0.1) is 37.4 Å². The van der Waals surface area contributed by atoms with Gasteiger partial charge in [0.15, 0.2) is 0 Å². The summed E-state index contributed by atoms with van der Waals surface area (Å²) < 4.78 is 10.2. The van der Waals surface area contributed by atoms with Crippen LogP contribution >= 0.6 is 0 Å². The molecule has 2 heterocycles. The van der Waals surface area contributed by atoms with Crippen LogP contribution in [0.15, 0.2) is 77.3 Å². The third-order valence-electron chi connectivity index (χ3n) is 6.63. The molecule has 0 aromatic heterocycles. The van der Waals surface area contributed by atoms with Crippen molar-refractivity contribution in [1.82, 2.24) is 4.90 Å². The maximum absolute atomic E-state index is 13.2. The average Bonchev–Trinajstić information content (AvgIpc) is 2.92. The molecule has 8 nitrogen and oxygen atoms in total. The van der Waals surface area contributed by atoms with Gasteiger partial charge in [-0.2, -0.15) is 5.26 Å². The van der Waals surface area contributed by atoms with Gasteiger partial charge >= 0.3 is 11.9 Å². The molecule has 0 bridgehead atoms. The van der Waals surface area contributed by atoms with Crippen LogP contribution in [0.4, 0.5) is 5.69 Å². The monoisotopic (exact) mass is 486 g/mol. The second kappa shape index (κ2) is 11.1. The molecular weight excluding hydrogens is 456 g/mol. The number of hydrogen-bond acceptors (Lipinski definition) is 8. The number of carbonyl (C=O) groups excluding carboxylic acids is 2. The predicted molar refractivity (Wildman–Crippen MR) is 135 cm³/mol. The minimum absolute atomic E-state index is 0.00253. The molecule has 8 heteroatoms. The van der Waals surface area contributed by atoms with E-state index in [-0.39, 0.29) is 22.7 Å². The molecule has 2 N–H and O–H groups in total. The summed E-state index contributed by atoms with van der Waals surface area (Å²) in [7, 11) is 2.48. The predicted octanol–water partition coefficient (Wildman–Crippen LogP) is 3.57. The van der Waals surface area contributed by atoms with Crippen molar-refractivity contribution in [2.45, 2.75) is 31.7 Å². The van der Waals surface area contributed by atoms with Gasteiger partial charge in [-0.3, -0.25) is 9.80 Å². The molecule has 1 saturated heterocycles. The first-order valence-electron chi connectivity index (χ1n) is 12.0. The third kappa shape index (κ3) is 4.83. The molecule has 4 rings (SSSR count). The van der Waals surface area contributed by atoms with Gasteiger partial charge in [0.25, 0.3) is 0 Å². The van der Waals surface area contributed by atoms with Crippen LogP contribution < -0.4 is 10.6 Å². The topological polar surface area (TPSA) is 109 Å². The van der Waals surface area contributed by atoms with Crippen LogP contribution in [0, 0.1) is 11.3 Å². The van der Waals surface area contributed by atoms with Crippen molar-refractivity contribution in [2.75, 3.05) is 32.2 Å². The number of nitriles is 1. The normalized spacial score (nSPS) is 18.6. The minimum atomic E-state index is -0.884. The highest BCUT2D eigenvalue weighted by Crippen LogP contribution is 2.43. The fraction of sp³-hybridized carbons (Fsp3) is 0.321. The molecule has 2 aliphatic rings. The van der Waals surface area contributed by atoms with Gasteiger partial charge in [0.2, 0.25) is 0 Å². The summed E-state index contributed by atoms with van der Waals surface area (Å²) in [5, 5.41) is 10.2. The van der Waals surface area contributed by atoms with E-state index in [1.54, 1.807) is 30.3 Å². The highest BCUT2D eigenvalue weighted by atomic mass is 16.5. The van der Waals surface area contributed by atoms with Crippen molar-refractivity contribution in [1.29, 1.82) is 5.26 Å². The number of rotatable bonds is 6. The number of nitrogens with two attached hydrogens (primary N) is 1. The molecule has 1 atom stereocenters. The Bertz CT molecular complexity index is 1240. The standard InChI is InChI=1S/C28H30N4O4/c1-35-27(33)24-23(20-11-5-3-6-12-20)22(17-29)26(30)32(25(24)28(34)36-2)21-13-9-10-19(16-21)18-31-14-7-4-8-15-31/h3,5-6,9-13,16,23H,4,7-8,14-15,18,30H2,1-2H3. The Morgan fingerprint density at radius 1 is 1.00 bits per heavy atom. The SMILES string of the molecule is COC(=O)C1=C(C(=O)OC)N(c2cccc(CN3CCCCC3)c2)C(N)=C(C#N)C1c1ccccc1. The van der Waals surface area contributed by atoms with E-state index < -0.39 is 17.9 Å². The molecule has 0 radical (unpaired) electrons. The zero-order chi connectivity index (χ0) is 25.7. The molecule has 2 aliphatic heterocycles. The van der Waals surface area contributed by atoms with Crippen molar-refractivity contribution >= 4 is 17.6 Å². The highest BCUT2D eigenvalue weighted by Gasteiger charge is 2.43. The Labute approximate surface area is 211 Å². The maximum Gasteiger partial charge on any atom is 0.355 e. The summed E-state index contributed by atoms with van der Waals surface area (Å²) >= 11 is 0. The van der Waals surface area contributed by atoms with Crippen LogP contribution in [-0.4, -0.2) is 44.1 Å². The van der Waals surface area contributed by atoms with E-state index in [4.69, 9.17) is 15.2 Å². The summed E-state index contributed by atoms with van der Waals surface area (Å²) in [5.41, 5.74) is 8.91. The number of benzene rings is 2. The molecule has 0 aliphatic carbocycles. The molecule has 0 saturated carbocycles. The lowest BCUT2D eigenvalue weighted by Crippen LogP contribution is -2.40. The van der Waals surface area contributed by atoms with E-state index in [2.05, 4.69) is 11.0 Å². The second-order valence-electron chi connectivity index (χ2n) is 8.84. The molecule has 1 unspecified atom stereocenters. The van der Waals surface area contributed by atoms with E-state index in [1.807, 2.05) is 24.3 Å². The summed E-state index contributed by atoms with van der Waals surface area (Å²) in [4.78, 5) is 30.2. The zero-order valence-electron chi connectivity index (χ0n) is 20.6. The molecule has 2 aromatic carbocycles. The largest absolute Gasteiger partial charge is 0.466 e. The second-order valence-corrected chi connectivity index (χ2v) is 8.84. The number of methoxy groups -OCH3 is 2. The summed E-state index contributed by atoms with van der Waals surface area (Å²) in [6, 6.07) is 18.8. The molecule has 2 aromatic rings. The fourth-order valence-electron chi connectivity index (χ4n) is 4.95. The van der Waals surface area contributed by atoms with Crippen LogP contribution in [0.25, 0.3) is 0 Å². The first kappa shape index (κ1) is 25.0. The lowest BCUT2D eigenvalue weighted by Gasteiger charge is -2.36. The molecule has 1 fully saturated rings. The van der Waals surface area contributed by atoms with Crippen molar-refractivity contribution in [2.24, 2.45) is 5.73 Å². The first-order valence-corrected chi connectivity index (χ1v) is 12.0. The zero-order valence-corrected chi connectivity index (χ0v) is 20.6. The van der Waals surface area contributed by atoms with Crippen molar-refractivity contribution < 1.29 is 19.1 Å². The molecule has 36 heavy (non-hydrogen) atoms. The van der Waals surface area contributed by atoms with Gasteiger partial charge in [-0.25, -0.2) is 9.59 Å². The van der Waals surface area contributed by atoms with Crippen LogP contribution in [0.1, 0.15) is 36.3 Å². The average molecular weight is 487 g/mol. The molecule has 0 spiro atoms. The van der Waals surface area contributed by atoms with Crippen molar-refractivity contribution in [3.8, 4) is 6.07 Å². The number of nitrogens with zero attached hydrogens (tertiary/aromatic N) is 3. The van der Waals surface area contributed by atoms with E-state index in [1.165, 1.54) is 38.4 Å². The van der Waals surface area contributed by atoms with Gasteiger partial charge in [0, 0.05) is 12.2 Å². The quantitative estimate of drug-likeness (QED) is 0.618. The summed E-state index contributed by atoms with van der Waals surface area (Å²) in [6.45, 7) is 2.82. The van der Waals surface area contributed by atoms with E-state index in [9.17, 15) is 14.9 Å². The first-order chi connectivity index (χ1) is 17.5. The molecule has 0 amide bonds. The number of piperidine rings is 1. The number of allylic oxidation sites excluding steroid dienone is 1. The summed E-state index contributed by atoms with van der Waals surface area (Å²) in [5.74, 6) is -2.31. The molecule has 186 valence electrons. The Balaban J connectivity index is 1.89. The number of ether oxygens (including phenoxy) is 2. The fourth-order valence-corrected chi connectivity index (χ4v) is 4.95. The number of anilines is 1. The van der Waals surface area contributed by atoms with Crippen LogP contribution in [0.5, 0.6) is 0 Å².